The zero-order valence-corrected chi connectivity index (χ0v) is 16.8. The maximum Gasteiger partial charge on any atom is 0.232 e. The van der Waals surface area contributed by atoms with Gasteiger partial charge in [0.05, 0.1) is 11.5 Å². The molecule has 0 unspecified atom stereocenters. The van der Waals surface area contributed by atoms with Crippen molar-refractivity contribution in [3.05, 3.63) is 34.9 Å². The highest BCUT2D eigenvalue weighted by atomic mass is 16.2. The van der Waals surface area contributed by atoms with Crippen molar-refractivity contribution in [3.8, 4) is 0 Å². The number of nitrogens with two attached hydrogens (primary N) is 1. The minimum absolute atomic E-state index is 0.0142. The third-order valence-electron chi connectivity index (χ3n) is 5.57. The monoisotopic (exact) mass is 394 g/mol. The van der Waals surface area contributed by atoms with E-state index in [1.165, 1.54) is 6.42 Å². The van der Waals surface area contributed by atoms with Gasteiger partial charge < -0.3 is 21.3 Å². The first kappa shape index (κ1) is 19.2. The normalized spacial score (nSPS) is 18.8. The summed E-state index contributed by atoms with van der Waals surface area (Å²) in [4.78, 5) is 36.5. The summed E-state index contributed by atoms with van der Waals surface area (Å²) in [7, 11) is 0. The van der Waals surface area contributed by atoms with Crippen molar-refractivity contribution >= 4 is 35.1 Å². The molecule has 152 valence electrons. The summed E-state index contributed by atoms with van der Waals surface area (Å²) in [6.45, 7) is 5.62. The third-order valence-corrected chi connectivity index (χ3v) is 5.57. The number of rotatable bonds is 3. The smallest absolute Gasteiger partial charge is 0.232 e. The van der Waals surface area contributed by atoms with Gasteiger partial charge in [0.1, 0.15) is 11.6 Å². The molecule has 8 heteroatoms. The molecule has 1 fully saturated rings. The van der Waals surface area contributed by atoms with Crippen LogP contribution >= 0.6 is 0 Å². The lowest BCUT2D eigenvalue weighted by molar-refractivity contribution is -0.123. The summed E-state index contributed by atoms with van der Waals surface area (Å²) in [6, 6.07) is 5.85. The number of piperidine rings is 1. The minimum Gasteiger partial charge on any atom is -0.383 e. The molecule has 0 spiro atoms. The second-order valence-electron chi connectivity index (χ2n) is 7.83. The van der Waals surface area contributed by atoms with E-state index in [1.807, 2.05) is 32.0 Å². The van der Waals surface area contributed by atoms with E-state index >= 15 is 0 Å². The van der Waals surface area contributed by atoms with Gasteiger partial charge in [0.25, 0.3) is 0 Å². The fourth-order valence-electron chi connectivity index (χ4n) is 3.93. The number of fused-ring (bicyclic) bond motifs is 1. The number of hydrogen-bond acceptors (Lipinski definition) is 6. The molecule has 1 atom stereocenters. The second kappa shape index (κ2) is 7.69. The Balaban J connectivity index is 1.65. The minimum atomic E-state index is -0.728. The highest BCUT2D eigenvalue weighted by Gasteiger charge is 2.35. The summed E-state index contributed by atoms with van der Waals surface area (Å²) in [5.41, 5.74) is 9.48. The molecule has 2 aliphatic heterocycles. The first-order valence-electron chi connectivity index (χ1n) is 10.0. The zero-order valence-electron chi connectivity index (χ0n) is 16.8. The molecule has 0 aliphatic carbocycles. The van der Waals surface area contributed by atoms with E-state index in [0.717, 1.165) is 42.7 Å². The van der Waals surface area contributed by atoms with Crippen LogP contribution in [-0.2, 0) is 9.59 Å². The second-order valence-corrected chi connectivity index (χ2v) is 7.83. The van der Waals surface area contributed by atoms with Gasteiger partial charge in [-0.05, 0) is 50.3 Å². The van der Waals surface area contributed by atoms with E-state index in [1.54, 1.807) is 0 Å². The molecule has 0 saturated carbocycles. The first-order chi connectivity index (χ1) is 13.9. The molecule has 8 nitrogen and oxygen atoms in total. The van der Waals surface area contributed by atoms with Gasteiger partial charge in [-0.2, -0.15) is 9.97 Å². The van der Waals surface area contributed by atoms with Crippen LogP contribution in [0.1, 0.15) is 48.3 Å². The van der Waals surface area contributed by atoms with Crippen molar-refractivity contribution in [2.75, 3.05) is 34.4 Å². The summed E-state index contributed by atoms with van der Waals surface area (Å²) in [6.07, 6.45) is 3.36. The Labute approximate surface area is 169 Å². The number of carbonyl (C=O) groups excluding carboxylic acids is 2. The van der Waals surface area contributed by atoms with Crippen LogP contribution in [0.15, 0.2) is 18.2 Å². The number of aryl methyl sites for hydroxylation is 2. The van der Waals surface area contributed by atoms with E-state index in [0.29, 0.717) is 17.3 Å². The van der Waals surface area contributed by atoms with E-state index in [4.69, 9.17) is 5.73 Å². The summed E-state index contributed by atoms with van der Waals surface area (Å²) < 4.78 is 0. The van der Waals surface area contributed by atoms with Crippen molar-refractivity contribution in [2.24, 2.45) is 0 Å². The average molecular weight is 394 g/mol. The Kier molecular flexibility index (Phi) is 5.08. The third kappa shape index (κ3) is 3.87. The molecule has 2 amide bonds. The van der Waals surface area contributed by atoms with Crippen LogP contribution in [0.25, 0.3) is 0 Å². The van der Waals surface area contributed by atoms with Gasteiger partial charge >= 0.3 is 0 Å². The molecular formula is C21H26N6O2. The van der Waals surface area contributed by atoms with Gasteiger partial charge in [-0.3, -0.25) is 9.59 Å². The Hall–Kier alpha value is -3.16. The summed E-state index contributed by atoms with van der Waals surface area (Å²) in [5, 5.41) is 5.72. The van der Waals surface area contributed by atoms with Crippen LogP contribution in [-0.4, -0.2) is 34.9 Å². The van der Waals surface area contributed by atoms with Crippen LogP contribution in [0.2, 0.25) is 0 Å². The summed E-state index contributed by atoms with van der Waals surface area (Å²) in [5.74, 6) is -0.157. The van der Waals surface area contributed by atoms with Gasteiger partial charge in [-0.25, -0.2) is 0 Å². The number of nitrogen functional groups attached to an aromatic ring is 1. The number of hydrogen-bond donors (Lipinski definition) is 3. The number of nitrogens with zero attached hydrogens (tertiary/aromatic N) is 3. The fourth-order valence-corrected chi connectivity index (χ4v) is 3.93. The van der Waals surface area contributed by atoms with Gasteiger partial charge in [-0.15, -0.1) is 0 Å². The number of anilines is 4. The predicted octanol–water partition coefficient (Wildman–Crippen LogP) is 2.73. The van der Waals surface area contributed by atoms with E-state index in [2.05, 4.69) is 25.5 Å². The lowest BCUT2D eigenvalue weighted by atomic mass is 9.91. The Morgan fingerprint density at radius 3 is 2.72 bits per heavy atom. The van der Waals surface area contributed by atoms with Crippen LogP contribution in [0, 0.1) is 13.8 Å². The molecule has 29 heavy (non-hydrogen) atoms. The SMILES string of the molecule is Cc1ccc(C)c(NC(=O)[C@@H]2CC(=O)Nc3nc(N4CCCCC4)nc(N)c32)c1. The van der Waals surface area contributed by atoms with Crippen LogP contribution in [0.4, 0.5) is 23.3 Å². The molecule has 4 N–H and O–H groups in total. The maximum atomic E-state index is 13.1. The van der Waals surface area contributed by atoms with Crippen LogP contribution in [0.5, 0.6) is 0 Å². The number of aromatic nitrogens is 2. The van der Waals surface area contributed by atoms with E-state index in [9.17, 15) is 9.59 Å². The van der Waals surface area contributed by atoms with Crippen molar-refractivity contribution in [1.29, 1.82) is 0 Å². The molecule has 1 saturated heterocycles. The van der Waals surface area contributed by atoms with Crippen LogP contribution < -0.4 is 21.3 Å². The van der Waals surface area contributed by atoms with Gasteiger partial charge in [0, 0.05) is 25.2 Å². The molecule has 1 aromatic heterocycles. The van der Waals surface area contributed by atoms with Gasteiger partial charge in [-0.1, -0.05) is 12.1 Å². The van der Waals surface area contributed by atoms with Crippen LogP contribution in [0.3, 0.4) is 0 Å². The standard InChI is InChI=1S/C21H26N6O2/c1-12-6-7-13(2)15(10-12)23-20(29)14-11-16(28)24-19-17(14)18(22)25-21(26-19)27-8-4-3-5-9-27/h6-7,10,14H,3-5,8-9,11H2,1-2H3,(H,23,29)(H3,22,24,25,26,28)/t14-/m1/s1. The van der Waals surface area contributed by atoms with E-state index in [-0.39, 0.29) is 24.1 Å². The summed E-state index contributed by atoms with van der Waals surface area (Å²) >= 11 is 0. The topological polar surface area (TPSA) is 113 Å². The highest BCUT2D eigenvalue weighted by Crippen LogP contribution is 2.37. The Morgan fingerprint density at radius 1 is 1.21 bits per heavy atom. The predicted molar refractivity (Wildman–Crippen MR) is 113 cm³/mol. The molecule has 3 heterocycles. The molecular weight excluding hydrogens is 368 g/mol. The molecule has 2 aromatic rings. The highest BCUT2D eigenvalue weighted by molar-refractivity contribution is 6.05. The molecule has 1 aromatic carbocycles. The number of benzene rings is 1. The molecule has 0 bridgehead atoms. The fraction of sp³-hybridized carbons (Fsp3) is 0.429. The molecule has 2 aliphatic rings. The van der Waals surface area contributed by atoms with Crippen molar-refractivity contribution in [3.63, 3.8) is 0 Å². The van der Waals surface area contributed by atoms with Crippen molar-refractivity contribution < 1.29 is 9.59 Å². The lowest BCUT2D eigenvalue weighted by Gasteiger charge is -2.30. The van der Waals surface area contributed by atoms with Gasteiger partial charge in [0.2, 0.25) is 17.8 Å². The first-order valence-corrected chi connectivity index (χ1v) is 10.0. The van der Waals surface area contributed by atoms with Gasteiger partial charge in [0.15, 0.2) is 0 Å². The van der Waals surface area contributed by atoms with Crippen molar-refractivity contribution in [1.82, 2.24) is 9.97 Å². The maximum absolute atomic E-state index is 13.1. The lowest BCUT2D eigenvalue weighted by Crippen LogP contribution is -2.35. The number of amides is 2. The largest absolute Gasteiger partial charge is 0.383 e. The molecule has 4 rings (SSSR count). The van der Waals surface area contributed by atoms with Crippen molar-refractivity contribution in [2.45, 2.75) is 45.4 Å². The molecule has 0 radical (unpaired) electrons. The quantitative estimate of drug-likeness (QED) is 0.738. The Morgan fingerprint density at radius 2 is 1.97 bits per heavy atom. The number of carbonyl (C=O) groups is 2. The number of nitrogens with one attached hydrogen (secondary N) is 2. The Bertz CT molecular complexity index is 968. The zero-order chi connectivity index (χ0) is 20.5. The van der Waals surface area contributed by atoms with E-state index < -0.39 is 5.92 Å². The average Bonchev–Trinajstić information content (AvgIpc) is 2.70.